The fourth-order valence-electron chi connectivity index (χ4n) is 3.18. The van der Waals surface area contributed by atoms with E-state index in [1.54, 1.807) is 0 Å². The molecule has 1 heterocycles. The molecule has 0 aromatic heterocycles. The van der Waals surface area contributed by atoms with Gasteiger partial charge in [-0.1, -0.05) is 48.5 Å². The highest BCUT2D eigenvalue weighted by molar-refractivity contribution is 6.81. The molecule has 0 bridgehead atoms. The molecule has 4 heteroatoms. The summed E-state index contributed by atoms with van der Waals surface area (Å²) >= 11 is 0. The number of benzene rings is 3. The standard InChI is InChI=1S/C19H18BN3/c1-2-13-21-16-10-4-3-9-15(16)20-22-17-11-5-7-14-8-6-12-18(23-20)19(14)17/h2-12,21-23H,1,13H2. The molecule has 0 atom stereocenters. The van der Waals surface area contributed by atoms with E-state index in [0.717, 1.165) is 12.2 Å². The van der Waals surface area contributed by atoms with Crippen molar-refractivity contribution in [3.05, 3.63) is 73.3 Å². The summed E-state index contributed by atoms with van der Waals surface area (Å²) in [6.07, 6.45) is 1.87. The molecule has 3 nitrogen and oxygen atoms in total. The quantitative estimate of drug-likeness (QED) is 0.508. The van der Waals surface area contributed by atoms with Crippen LogP contribution in [0.3, 0.4) is 0 Å². The molecule has 23 heavy (non-hydrogen) atoms. The Balaban J connectivity index is 1.75. The van der Waals surface area contributed by atoms with Gasteiger partial charge in [0.05, 0.1) is 0 Å². The van der Waals surface area contributed by atoms with E-state index < -0.39 is 0 Å². The third kappa shape index (κ3) is 2.42. The maximum absolute atomic E-state index is 3.78. The molecule has 0 fully saturated rings. The molecule has 0 saturated carbocycles. The summed E-state index contributed by atoms with van der Waals surface area (Å²) in [7, 11) is 0. The summed E-state index contributed by atoms with van der Waals surface area (Å²) in [5, 5.41) is 13.1. The van der Waals surface area contributed by atoms with E-state index in [1.165, 1.54) is 27.6 Å². The predicted molar refractivity (Wildman–Crippen MR) is 102 cm³/mol. The van der Waals surface area contributed by atoms with Crippen molar-refractivity contribution in [2.75, 3.05) is 22.3 Å². The van der Waals surface area contributed by atoms with Gasteiger partial charge in [0.1, 0.15) is 0 Å². The lowest BCUT2D eigenvalue weighted by molar-refractivity contribution is 1.35. The Morgan fingerprint density at radius 3 is 2.30 bits per heavy atom. The summed E-state index contributed by atoms with van der Waals surface area (Å²) in [6, 6.07) is 21.1. The zero-order valence-corrected chi connectivity index (χ0v) is 12.8. The summed E-state index contributed by atoms with van der Waals surface area (Å²) in [4.78, 5) is 0. The van der Waals surface area contributed by atoms with Gasteiger partial charge in [0.15, 0.2) is 0 Å². The van der Waals surface area contributed by atoms with E-state index in [2.05, 4.69) is 76.9 Å². The first-order chi connectivity index (χ1) is 11.4. The topological polar surface area (TPSA) is 36.1 Å². The highest BCUT2D eigenvalue weighted by Gasteiger charge is 2.27. The van der Waals surface area contributed by atoms with Crippen LogP contribution in [0.15, 0.2) is 73.3 Å². The van der Waals surface area contributed by atoms with Crippen molar-refractivity contribution < 1.29 is 0 Å². The summed E-state index contributed by atoms with van der Waals surface area (Å²) in [5.74, 6) is 0. The molecule has 4 rings (SSSR count). The van der Waals surface area contributed by atoms with Crippen molar-refractivity contribution in [2.24, 2.45) is 0 Å². The SMILES string of the molecule is C=CCNc1ccccc1B1Nc2cccc3cccc(c23)N1. The van der Waals surface area contributed by atoms with Crippen LogP contribution in [0.25, 0.3) is 10.8 Å². The second kappa shape index (κ2) is 5.73. The number of hydrogen-bond acceptors (Lipinski definition) is 3. The maximum atomic E-state index is 3.78. The van der Waals surface area contributed by atoms with Crippen LogP contribution in [-0.4, -0.2) is 13.5 Å². The van der Waals surface area contributed by atoms with Gasteiger partial charge in [-0.2, -0.15) is 0 Å². The van der Waals surface area contributed by atoms with E-state index in [-0.39, 0.29) is 6.98 Å². The Morgan fingerprint density at radius 1 is 0.913 bits per heavy atom. The molecule has 0 saturated heterocycles. The molecule has 1 aliphatic rings. The van der Waals surface area contributed by atoms with Crippen molar-refractivity contribution in [3.8, 4) is 0 Å². The zero-order chi connectivity index (χ0) is 15.6. The Bertz CT molecular complexity index is 835. The van der Waals surface area contributed by atoms with Gasteiger partial charge >= 0.3 is 6.98 Å². The van der Waals surface area contributed by atoms with Crippen LogP contribution in [0, 0.1) is 0 Å². The van der Waals surface area contributed by atoms with E-state index in [0.29, 0.717) is 0 Å². The van der Waals surface area contributed by atoms with Crippen LogP contribution in [0.4, 0.5) is 17.1 Å². The van der Waals surface area contributed by atoms with Crippen molar-refractivity contribution in [1.29, 1.82) is 0 Å². The number of rotatable bonds is 4. The Labute approximate surface area is 136 Å². The second-order valence-electron chi connectivity index (χ2n) is 5.69. The smallest absolute Gasteiger partial charge is 0.405 e. The van der Waals surface area contributed by atoms with Gasteiger partial charge in [0.2, 0.25) is 0 Å². The third-order valence-corrected chi connectivity index (χ3v) is 4.21. The van der Waals surface area contributed by atoms with Crippen LogP contribution < -0.4 is 21.2 Å². The number of nitrogens with one attached hydrogen (secondary N) is 3. The Kier molecular flexibility index (Phi) is 3.43. The third-order valence-electron chi connectivity index (χ3n) is 4.21. The van der Waals surface area contributed by atoms with Gasteiger partial charge in [-0.3, -0.25) is 0 Å². The van der Waals surface area contributed by atoms with Crippen LogP contribution >= 0.6 is 0 Å². The minimum Gasteiger partial charge on any atom is -0.405 e. The van der Waals surface area contributed by atoms with Gasteiger partial charge in [-0.05, 0) is 29.0 Å². The van der Waals surface area contributed by atoms with E-state index in [1.807, 2.05) is 12.1 Å². The molecular weight excluding hydrogens is 281 g/mol. The van der Waals surface area contributed by atoms with E-state index in [4.69, 9.17) is 0 Å². The predicted octanol–water partition coefficient (Wildman–Crippen LogP) is 3.67. The van der Waals surface area contributed by atoms with Gasteiger partial charge in [-0.25, -0.2) is 0 Å². The molecule has 3 N–H and O–H groups in total. The highest BCUT2D eigenvalue weighted by Crippen LogP contribution is 2.34. The number of anilines is 3. The zero-order valence-electron chi connectivity index (χ0n) is 12.8. The molecule has 3 aromatic rings. The Hall–Kier alpha value is -2.88. The number of para-hydroxylation sites is 1. The van der Waals surface area contributed by atoms with Crippen molar-refractivity contribution in [2.45, 2.75) is 0 Å². The fourth-order valence-corrected chi connectivity index (χ4v) is 3.18. The first-order valence-corrected chi connectivity index (χ1v) is 7.85. The largest absolute Gasteiger partial charge is 0.408 e. The van der Waals surface area contributed by atoms with Crippen LogP contribution in [0.2, 0.25) is 0 Å². The minimum absolute atomic E-state index is 0.0315. The average Bonchev–Trinajstić information content (AvgIpc) is 2.60. The normalized spacial score (nSPS) is 12.4. The highest BCUT2D eigenvalue weighted by atomic mass is 15.0. The van der Waals surface area contributed by atoms with Gasteiger partial charge in [0.25, 0.3) is 0 Å². The fraction of sp³-hybridized carbons (Fsp3) is 0.0526. The molecule has 3 aromatic carbocycles. The molecule has 0 aliphatic carbocycles. The van der Waals surface area contributed by atoms with E-state index in [9.17, 15) is 0 Å². The lowest BCUT2D eigenvalue weighted by Crippen LogP contribution is -2.48. The van der Waals surface area contributed by atoms with Crippen LogP contribution in [0.1, 0.15) is 0 Å². The monoisotopic (exact) mass is 299 g/mol. The van der Waals surface area contributed by atoms with Gasteiger partial charge in [0, 0.05) is 29.0 Å². The Morgan fingerprint density at radius 2 is 1.61 bits per heavy atom. The second-order valence-corrected chi connectivity index (χ2v) is 5.69. The maximum Gasteiger partial charge on any atom is 0.408 e. The minimum atomic E-state index is 0.0315. The van der Waals surface area contributed by atoms with Crippen LogP contribution in [-0.2, 0) is 0 Å². The molecule has 112 valence electrons. The first kappa shape index (κ1) is 13.8. The average molecular weight is 299 g/mol. The van der Waals surface area contributed by atoms with Gasteiger partial charge in [-0.15, -0.1) is 6.58 Å². The molecule has 0 amide bonds. The van der Waals surface area contributed by atoms with Gasteiger partial charge < -0.3 is 15.8 Å². The summed E-state index contributed by atoms with van der Waals surface area (Å²) in [5.41, 5.74) is 4.64. The van der Waals surface area contributed by atoms with E-state index >= 15 is 0 Å². The molecular formula is C19H18BN3. The molecule has 0 spiro atoms. The first-order valence-electron chi connectivity index (χ1n) is 7.85. The lowest BCUT2D eigenvalue weighted by Gasteiger charge is -2.28. The van der Waals surface area contributed by atoms with Crippen LogP contribution in [0.5, 0.6) is 0 Å². The van der Waals surface area contributed by atoms with Crippen molar-refractivity contribution in [1.82, 2.24) is 0 Å². The summed E-state index contributed by atoms with van der Waals surface area (Å²) in [6.45, 7) is 4.56. The molecule has 0 radical (unpaired) electrons. The van der Waals surface area contributed by atoms with Crippen molar-refractivity contribution >= 4 is 40.3 Å². The summed E-state index contributed by atoms with van der Waals surface area (Å²) < 4.78 is 0. The lowest BCUT2D eigenvalue weighted by atomic mass is 9.65. The molecule has 1 aliphatic heterocycles. The van der Waals surface area contributed by atoms with Crippen molar-refractivity contribution in [3.63, 3.8) is 0 Å². The molecule has 0 unspecified atom stereocenters. The number of hydrogen-bond donors (Lipinski definition) is 3.